The Balaban J connectivity index is 1.93. The topological polar surface area (TPSA) is 67.4 Å². The predicted molar refractivity (Wildman–Crippen MR) is 87.2 cm³/mol. The Hall–Kier alpha value is -1.74. The van der Waals surface area contributed by atoms with Crippen molar-refractivity contribution in [2.24, 2.45) is 0 Å². The monoisotopic (exact) mass is 376 g/mol. The molecule has 2 N–H and O–H groups in total. The van der Waals surface area contributed by atoms with E-state index in [0.717, 1.165) is 4.90 Å². The Morgan fingerprint density at radius 2 is 1.68 bits per heavy atom. The number of hydrogen-bond donors (Lipinski definition) is 2. The van der Waals surface area contributed by atoms with E-state index in [4.69, 9.17) is 4.74 Å². The number of nitrogens with one attached hydrogen (secondary N) is 2. The third kappa shape index (κ3) is 6.58. The van der Waals surface area contributed by atoms with Crippen molar-refractivity contribution in [3.05, 3.63) is 30.3 Å². The van der Waals surface area contributed by atoms with E-state index in [1.807, 2.05) is 30.3 Å². The molecular formula is C16H19F3N2O3S. The van der Waals surface area contributed by atoms with Gasteiger partial charge in [-0.1, -0.05) is 18.2 Å². The van der Waals surface area contributed by atoms with Crippen molar-refractivity contribution >= 4 is 23.6 Å². The molecule has 0 spiro atoms. The molecule has 25 heavy (non-hydrogen) atoms. The van der Waals surface area contributed by atoms with E-state index in [1.54, 1.807) is 17.1 Å². The van der Waals surface area contributed by atoms with E-state index in [2.05, 4.69) is 5.32 Å². The first kappa shape index (κ1) is 19.6. The normalized spacial score (nSPS) is 16.9. The lowest BCUT2D eigenvalue weighted by atomic mass is 9.99. The van der Waals surface area contributed by atoms with Crippen molar-refractivity contribution in [2.75, 3.05) is 26.3 Å². The van der Waals surface area contributed by atoms with Gasteiger partial charge in [0.25, 0.3) is 0 Å². The first-order valence-corrected chi connectivity index (χ1v) is 8.56. The summed E-state index contributed by atoms with van der Waals surface area (Å²) in [5.74, 6) is -2.35. The van der Waals surface area contributed by atoms with E-state index < -0.39 is 24.5 Å². The Kier molecular flexibility index (Phi) is 6.71. The lowest BCUT2D eigenvalue weighted by molar-refractivity contribution is -0.146. The quantitative estimate of drug-likeness (QED) is 0.773. The average Bonchev–Trinajstić information content (AvgIpc) is 2.58. The second kappa shape index (κ2) is 8.57. The summed E-state index contributed by atoms with van der Waals surface area (Å²) in [6.45, 7) is -0.308. The van der Waals surface area contributed by atoms with E-state index in [-0.39, 0.29) is 11.3 Å². The Morgan fingerprint density at radius 1 is 1.08 bits per heavy atom. The first-order valence-electron chi connectivity index (χ1n) is 7.74. The fourth-order valence-corrected chi connectivity index (χ4v) is 3.69. The molecular weight excluding hydrogens is 357 g/mol. The van der Waals surface area contributed by atoms with Gasteiger partial charge in [0.15, 0.2) is 0 Å². The van der Waals surface area contributed by atoms with Crippen molar-refractivity contribution in [3.8, 4) is 0 Å². The van der Waals surface area contributed by atoms with E-state index >= 15 is 0 Å². The second-order valence-corrected chi connectivity index (χ2v) is 7.23. The van der Waals surface area contributed by atoms with Crippen LogP contribution in [0.3, 0.4) is 0 Å². The number of alkyl halides is 3. The summed E-state index contributed by atoms with van der Waals surface area (Å²) in [5.41, 5.74) is 0. The van der Waals surface area contributed by atoms with Gasteiger partial charge in [-0.05, 0) is 25.0 Å². The maximum atomic E-state index is 12.1. The van der Waals surface area contributed by atoms with Gasteiger partial charge in [-0.3, -0.25) is 9.59 Å². The largest absolute Gasteiger partial charge is 0.405 e. The van der Waals surface area contributed by atoms with Gasteiger partial charge in [0.1, 0.15) is 6.54 Å². The molecule has 0 aromatic heterocycles. The maximum absolute atomic E-state index is 12.1. The summed E-state index contributed by atoms with van der Waals surface area (Å²) in [5, 5.41) is 4.02. The highest BCUT2D eigenvalue weighted by molar-refractivity contribution is 8.00. The number of ether oxygens (including phenoxy) is 1. The third-order valence-electron chi connectivity index (χ3n) is 3.71. The summed E-state index contributed by atoms with van der Waals surface area (Å²) in [6.07, 6.45) is -3.23. The minimum absolute atomic E-state index is 0.175. The highest BCUT2D eigenvalue weighted by Crippen LogP contribution is 2.40. The Labute approximate surface area is 147 Å². The lowest BCUT2D eigenvalue weighted by Crippen LogP contribution is -2.49. The van der Waals surface area contributed by atoms with Crippen LogP contribution in [0.2, 0.25) is 0 Å². The fraction of sp³-hybridized carbons (Fsp3) is 0.500. The highest BCUT2D eigenvalue weighted by atomic mass is 32.2. The molecule has 1 fully saturated rings. The van der Waals surface area contributed by atoms with E-state index in [0.29, 0.717) is 26.1 Å². The van der Waals surface area contributed by atoms with Gasteiger partial charge in [0, 0.05) is 29.4 Å². The number of rotatable bonds is 5. The maximum Gasteiger partial charge on any atom is 0.405 e. The second-order valence-electron chi connectivity index (χ2n) is 5.69. The van der Waals surface area contributed by atoms with Crippen molar-refractivity contribution in [3.63, 3.8) is 0 Å². The van der Waals surface area contributed by atoms with Crippen molar-refractivity contribution < 1.29 is 27.5 Å². The number of thioether (sulfide) groups is 1. The highest BCUT2D eigenvalue weighted by Gasteiger charge is 2.35. The van der Waals surface area contributed by atoms with Crippen molar-refractivity contribution in [2.45, 2.75) is 28.7 Å². The molecule has 138 valence electrons. The van der Waals surface area contributed by atoms with Crippen LogP contribution in [-0.2, 0) is 14.3 Å². The lowest BCUT2D eigenvalue weighted by Gasteiger charge is -2.36. The molecule has 0 saturated carbocycles. The molecule has 1 aromatic rings. The predicted octanol–water partition coefficient (Wildman–Crippen LogP) is 2.12. The van der Waals surface area contributed by atoms with Gasteiger partial charge in [-0.25, -0.2) is 0 Å². The van der Waals surface area contributed by atoms with Crippen LogP contribution in [0.25, 0.3) is 0 Å². The van der Waals surface area contributed by atoms with Gasteiger partial charge < -0.3 is 15.4 Å². The fourth-order valence-electron chi connectivity index (χ4n) is 2.38. The number of benzene rings is 1. The Bertz CT molecular complexity index is 590. The van der Waals surface area contributed by atoms with Crippen LogP contribution in [0.4, 0.5) is 13.2 Å². The first-order chi connectivity index (χ1) is 11.8. The van der Waals surface area contributed by atoms with E-state index in [1.165, 1.54) is 0 Å². The molecule has 1 aliphatic heterocycles. The van der Waals surface area contributed by atoms with Crippen LogP contribution in [-0.4, -0.2) is 49.0 Å². The van der Waals surface area contributed by atoms with Gasteiger partial charge in [-0.2, -0.15) is 13.2 Å². The molecule has 9 heteroatoms. The summed E-state index contributed by atoms with van der Waals surface area (Å²) >= 11 is 1.58. The number of hydrogen-bond acceptors (Lipinski definition) is 4. The van der Waals surface area contributed by atoms with Crippen LogP contribution in [0, 0.1) is 0 Å². The van der Waals surface area contributed by atoms with Crippen molar-refractivity contribution in [1.29, 1.82) is 0 Å². The molecule has 1 heterocycles. The standard InChI is InChI=1S/C16H19F3N2O3S/c17-16(18,19)11-21-14(23)13(22)20-10-15(6-8-24-9-7-15)25-12-4-2-1-3-5-12/h1-5H,6-11H2,(H,20,22)(H,21,23). The number of halogens is 3. The zero-order chi connectivity index (χ0) is 18.3. The number of carbonyl (C=O) groups is 2. The summed E-state index contributed by atoms with van der Waals surface area (Å²) in [6, 6.07) is 9.59. The number of carbonyl (C=O) groups excluding carboxylic acids is 2. The number of amides is 2. The molecule has 5 nitrogen and oxygen atoms in total. The van der Waals surface area contributed by atoms with Crippen LogP contribution in [0.5, 0.6) is 0 Å². The summed E-state index contributed by atoms with van der Waals surface area (Å²) in [4.78, 5) is 24.3. The SMILES string of the molecule is O=C(NCC(F)(F)F)C(=O)NCC1(Sc2ccccc2)CCOCC1. The molecule has 0 bridgehead atoms. The molecule has 2 rings (SSSR count). The van der Waals surface area contributed by atoms with Crippen molar-refractivity contribution in [1.82, 2.24) is 10.6 Å². The third-order valence-corrected chi connectivity index (χ3v) is 5.20. The molecule has 2 amide bonds. The summed E-state index contributed by atoms with van der Waals surface area (Å²) < 4.78 is 41.3. The minimum atomic E-state index is -4.55. The van der Waals surface area contributed by atoms with E-state index in [9.17, 15) is 22.8 Å². The van der Waals surface area contributed by atoms with Gasteiger partial charge in [0.2, 0.25) is 0 Å². The van der Waals surface area contributed by atoms with Gasteiger partial charge in [-0.15, -0.1) is 11.8 Å². The smallest absolute Gasteiger partial charge is 0.381 e. The zero-order valence-electron chi connectivity index (χ0n) is 13.4. The molecule has 0 aliphatic carbocycles. The molecule has 1 saturated heterocycles. The zero-order valence-corrected chi connectivity index (χ0v) is 14.2. The molecule has 1 aliphatic rings. The van der Waals surface area contributed by atoms with Gasteiger partial charge >= 0.3 is 18.0 Å². The van der Waals surface area contributed by atoms with Crippen LogP contribution in [0.1, 0.15) is 12.8 Å². The molecule has 1 aromatic carbocycles. The van der Waals surface area contributed by atoms with Crippen LogP contribution < -0.4 is 10.6 Å². The molecule has 0 radical (unpaired) electrons. The molecule has 0 atom stereocenters. The van der Waals surface area contributed by atoms with Crippen LogP contribution >= 0.6 is 11.8 Å². The minimum Gasteiger partial charge on any atom is -0.381 e. The Morgan fingerprint density at radius 3 is 2.28 bits per heavy atom. The van der Waals surface area contributed by atoms with Crippen LogP contribution in [0.15, 0.2) is 35.2 Å². The summed E-state index contributed by atoms with van der Waals surface area (Å²) in [7, 11) is 0. The van der Waals surface area contributed by atoms with Gasteiger partial charge in [0.05, 0.1) is 0 Å². The average molecular weight is 376 g/mol. The molecule has 0 unspecified atom stereocenters.